The van der Waals surface area contributed by atoms with Crippen molar-refractivity contribution >= 4 is 11.9 Å². The third-order valence-electron chi connectivity index (χ3n) is 3.21. The summed E-state index contributed by atoms with van der Waals surface area (Å²) in [6, 6.07) is 0. The third-order valence-corrected chi connectivity index (χ3v) is 3.21. The van der Waals surface area contributed by atoms with Crippen LogP contribution >= 0.6 is 0 Å². The second-order valence-electron chi connectivity index (χ2n) is 4.31. The van der Waals surface area contributed by atoms with Gasteiger partial charge in [0, 0.05) is 27.3 Å². The van der Waals surface area contributed by atoms with Crippen molar-refractivity contribution in [1.29, 1.82) is 0 Å². The molecule has 1 aliphatic rings. The van der Waals surface area contributed by atoms with Gasteiger partial charge in [-0.3, -0.25) is 9.59 Å². The molecule has 0 bridgehead atoms. The van der Waals surface area contributed by atoms with Crippen molar-refractivity contribution in [3.8, 4) is 0 Å². The molecular formula is C11H19NO4. The summed E-state index contributed by atoms with van der Waals surface area (Å²) in [4.78, 5) is 24.6. The molecule has 0 aromatic rings. The Morgan fingerprint density at radius 1 is 1.44 bits per heavy atom. The van der Waals surface area contributed by atoms with E-state index < -0.39 is 11.4 Å². The summed E-state index contributed by atoms with van der Waals surface area (Å²) in [5, 5.41) is 9.10. The Kier molecular flexibility index (Phi) is 4.29. The number of hydrogen-bond donors (Lipinski definition) is 1. The molecule has 1 aliphatic carbocycles. The molecule has 1 saturated carbocycles. The number of hydrogen-bond acceptors (Lipinski definition) is 3. The number of ether oxygens (including phenoxy) is 1. The first-order valence-electron chi connectivity index (χ1n) is 5.52. The maximum Gasteiger partial charge on any atom is 0.319 e. The van der Waals surface area contributed by atoms with Crippen LogP contribution in [0.1, 0.15) is 25.7 Å². The summed E-state index contributed by atoms with van der Waals surface area (Å²) in [6.07, 6.45) is 2.49. The van der Waals surface area contributed by atoms with Crippen molar-refractivity contribution in [2.45, 2.75) is 25.7 Å². The Hall–Kier alpha value is -1.10. The van der Waals surface area contributed by atoms with E-state index in [1.807, 2.05) is 0 Å². The van der Waals surface area contributed by atoms with E-state index in [2.05, 4.69) is 0 Å². The molecule has 0 unspecified atom stereocenters. The maximum absolute atomic E-state index is 12.0. The normalized spacial score (nSPS) is 17.6. The van der Waals surface area contributed by atoms with Gasteiger partial charge in [-0.1, -0.05) is 6.42 Å². The van der Waals surface area contributed by atoms with E-state index in [0.29, 0.717) is 26.0 Å². The summed E-state index contributed by atoms with van der Waals surface area (Å²) < 4.78 is 4.89. The number of aliphatic carboxylic acids is 1. The van der Waals surface area contributed by atoms with Crippen LogP contribution in [-0.2, 0) is 14.3 Å². The highest BCUT2D eigenvalue weighted by Gasteiger charge is 2.52. The fraction of sp³-hybridized carbons (Fsp3) is 0.818. The van der Waals surface area contributed by atoms with Gasteiger partial charge in [0.05, 0.1) is 0 Å². The zero-order valence-electron chi connectivity index (χ0n) is 9.86. The number of carbonyl (C=O) groups is 2. The van der Waals surface area contributed by atoms with E-state index in [9.17, 15) is 9.59 Å². The van der Waals surface area contributed by atoms with Crippen LogP contribution in [-0.4, -0.2) is 49.2 Å². The number of carboxylic acid groups (broad SMARTS) is 1. The predicted molar refractivity (Wildman–Crippen MR) is 58.0 cm³/mol. The summed E-state index contributed by atoms with van der Waals surface area (Å²) in [5.41, 5.74) is -1.14. The Morgan fingerprint density at radius 2 is 2.06 bits per heavy atom. The van der Waals surface area contributed by atoms with Crippen molar-refractivity contribution in [2.75, 3.05) is 27.3 Å². The van der Waals surface area contributed by atoms with Crippen LogP contribution in [0.25, 0.3) is 0 Å². The number of carbonyl (C=O) groups excluding carboxylic acids is 1. The fourth-order valence-electron chi connectivity index (χ4n) is 1.96. The van der Waals surface area contributed by atoms with Crippen molar-refractivity contribution in [2.24, 2.45) is 5.41 Å². The van der Waals surface area contributed by atoms with Gasteiger partial charge in [-0.15, -0.1) is 0 Å². The first kappa shape index (κ1) is 13.0. The largest absolute Gasteiger partial charge is 0.480 e. The molecule has 1 N–H and O–H groups in total. The van der Waals surface area contributed by atoms with Crippen molar-refractivity contribution in [1.82, 2.24) is 4.90 Å². The summed E-state index contributed by atoms with van der Waals surface area (Å²) >= 11 is 0. The average Bonchev–Trinajstić information content (AvgIpc) is 2.15. The molecule has 5 nitrogen and oxygen atoms in total. The minimum atomic E-state index is -1.14. The molecule has 0 spiro atoms. The van der Waals surface area contributed by atoms with Gasteiger partial charge >= 0.3 is 5.97 Å². The minimum Gasteiger partial charge on any atom is -0.480 e. The molecule has 1 rings (SSSR count). The highest BCUT2D eigenvalue weighted by molar-refractivity contribution is 6.02. The van der Waals surface area contributed by atoms with Gasteiger partial charge in [0.2, 0.25) is 5.91 Å². The zero-order valence-corrected chi connectivity index (χ0v) is 9.86. The van der Waals surface area contributed by atoms with E-state index in [0.717, 1.165) is 12.8 Å². The lowest BCUT2D eigenvalue weighted by Gasteiger charge is -2.38. The summed E-state index contributed by atoms with van der Waals surface area (Å²) in [6.45, 7) is 1.12. The Morgan fingerprint density at radius 3 is 2.44 bits per heavy atom. The number of carboxylic acids is 1. The molecule has 5 heteroatoms. The molecule has 0 aliphatic heterocycles. The van der Waals surface area contributed by atoms with E-state index >= 15 is 0 Å². The number of rotatable bonds is 6. The molecule has 0 radical (unpaired) electrons. The minimum absolute atomic E-state index is 0.262. The van der Waals surface area contributed by atoms with Crippen LogP contribution in [0.5, 0.6) is 0 Å². The summed E-state index contributed by atoms with van der Waals surface area (Å²) in [7, 11) is 3.26. The molecule has 1 amide bonds. The number of nitrogens with zero attached hydrogens (tertiary/aromatic N) is 1. The van der Waals surface area contributed by atoms with E-state index in [-0.39, 0.29) is 5.91 Å². The van der Waals surface area contributed by atoms with Crippen LogP contribution in [0.4, 0.5) is 0 Å². The predicted octanol–water partition coefficient (Wildman–Crippen LogP) is 0.736. The van der Waals surface area contributed by atoms with Crippen molar-refractivity contribution in [3.63, 3.8) is 0 Å². The lowest BCUT2D eigenvalue weighted by atomic mass is 9.68. The summed E-state index contributed by atoms with van der Waals surface area (Å²) in [5.74, 6) is -1.25. The molecular weight excluding hydrogens is 210 g/mol. The van der Waals surface area contributed by atoms with E-state index in [4.69, 9.17) is 9.84 Å². The SMILES string of the molecule is COCCCN(C)C(=O)C1(C(=O)O)CCC1. The smallest absolute Gasteiger partial charge is 0.319 e. The van der Waals surface area contributed by atoms with Gasteiger partial charge in [-0.25, -0.2) is 0 Å². The Labute approximate surface area is 95.4 Å². The van der Waals surface area contributed by atoms with E-state index in [1.54, 1.807) is 14.2 Å². The Balaban J connectivity index is 2.52. The van der Waals surface area contributed by atoms with Gasteiger partial charge in [-0.2, -0.15) is 0 Å². The van der Waals surface area contributed by atoms with Crippen molar-refractivity contribution in [3.05, 3.63) is 0 Å². The van der Waals surface area contributed by atoms with Crippen LogP contribution in [0.3, 0.4) is 0 Å². The molecule has 0 aromatic heterocycles. The standard InChI is InChI=1S/C11H19NO4/c1-12(7-4-8-16-2)9(13)11(10(14)15)5-3-6-11/h3-8H2,1-2H3,(H,14,15). The highest BCUT2D eigenvalue weighted by Crippen LogP contribution is 2.42. The number of methoxy groups -OCH3 is 1. The monoisotopic (exact) mass is 229 g/mol. The lowest BCUT2D eigenvalue weighted by Crippen LogP contribution is -2.51. The van der Waals surface area contributed by atoms with Crippen LogP contribution in [0.2, 0.25) is 0 Å². The molecule has 0 aromatic carbocycles. The van der Waals surface area contributed by atoms with Gasteiger partial charge < -0.3 is 14.7 Å². The topological polar surface area (TPSA) is 66.8 Å². The molecule has 1 fully saturated rings. The third kappa shape index (κ3) is 2.35. The van der Waals surface area contributed by atoms with Gasteiger partial charge in [0.25, 0.3) is 0 Å². The highest BCUT2D eigenvalue weighted by atomic mass is 16.5. The maximum atomic E-state index is 12.0. The first-order chi connectivity index (χ1) is 7.54. The molecule has 92 valence electrons. The first-order valence-corrected chi connectivity index (χ1v) is 5.52. The molecule has 0 atom stereocenters. The van der Waals surface area contributed by atoms with Crippen LogP contribution in [0, 0.1) is 5.41 Å². The van der Waals surface area contributed by atoms with E-state index in [1.165, 1.54) is 4.90 Å². The zero-order chi connectivity index (χ0) is 12.2. The number of amides is 1. The van der Waals surface area contributed by atoms with Crippen molar-refractivity contribution < 1.29 is 19.4 Å². The molecule has 0 heterocycles. The second kappa shape index (κ2) is 5.30. The fourth-order valence-corrected chi connectivity index (χ4v) is 1.96. The lowest BCUT2D eigenvalue weighted by molar-refractivity contribution is -0.166. The van der Waals surface area contributed by atoms with Crippen LogP contribution in [0.15, 0.2) is 0 Å². The molecule has 16 heavy (non-hydrogen) atoms. The second-order valence-corrected chi connectivity index (χ2v) is 4.31. The van der Waals surface area contributed by atoms with Gasteiger partial charge in [-0.05, 0) is 19.3 Å². The molecule has 0 saturated heterocycles. The van der Waals surface area contributed by atoms with Crippen LogP contribution < -0.4 is 0 Å². The van der Waals surface area contributed by atoms with Gasteiger partial charge in [0.1, 0.15) is 5.41 Å². The quantitative estimate of drug-likeness (QED) is 0.538. The Bertz CT molecular complexity index is 273. The van der Waals surface area contributed by atoms with Gasteiger partial charge in [0.15, 0.2) is 0 Å². The average molecular weight is 229 g/mol.